The standard InChI is InChI=1S/C17H24BrN3O3/c1-3-12-8-21(9-15(12)22)10-17(24)19-7-16(23)20-14-5-4-13(18)6-11(14)2/h4-6,12,15,22H,3,7-10H2,1-2H3,(H,19,24)(H,20,23)/t12-,15-/m0/s1. The number of hydrogen-bond acceptors (Lipinski definition) is 4. The highest BCUT2D eigenvalue weighted by molar-refractivity contribution is 9.10. The quantitative estimate of drug-likeness (QED) is 0.679. The molecule has 2 amide bonds. The minimum atomic E-state index is -0.369. The number of aliphatic hydroxyl groups excluding tert-OH is 1. The van der Waals surface area contributed by atoms with Crippen molar-refractivity contribution in [1.29, 1.82) is 0 Å². The van der Waals surface area contributed by atoms with E-state index in [2.05, 4.69) is 26.6 Å². The maximum atomic E-state index is 12.0. The SMILES string of the molecule is CC[C@H]1CN(CC(=O)NCC(=O)Nc2ccc(Br)cc2C)C[C@@H]1O. The van der Waals surface area contributed by atoms with E-state index in [0.717, 1.165) is 28.7 Å². The molecular weight excluding hydrogens is 374 g/mol. The number of amides is 2. The van der Waals surface area contributed by atoms with Gasteiger partial charge in [0.15, 0.2) is 0 Å². The lowest BCUT2D eigenvalue weighted by Crippen LogP contribution is -2.40. The summed E-state index contributed by atoms with van der Waals surface area (Å²) in [5, 5.41) is 15.3. The third-order valence-corrected chi connectivity index (χ3v) is 4.78. The average Bonchev–Trinajstić information content (AvgIpc) is 2.87. The van der Waals surface area contributed by atoms with Gasteiger partial charge in [0.05, 0.1) is 19.2 Å². The summed E-state index contributed by atoms with van der Waals surface area (Å²) in [4.78, 5) is 25.8. The van der Waals surface area contributed by atoms with Crippen molar-refractivity contribution in [1.82, 2.24) is 10.2 Å². The number of aliphatic hydroxyl groups is 1. The Labute approximate surface area is 150 Å². The predicted molar refractivity (Wildman–Crippen MR) is 96.7 cm³/mol. The second kappa shape index (κ2) is 8.60. The Morgan fingerprint density at radius 2 is 2.08 bits per heavy atom. The molecule has 0 aliphatic carbocycles. The van der Waals surface area contributed by atoms with Crippen molar-refractivity contribution >= 4 is 33.4 Å². The minimum absolute atomic E-state index is 0.0675. The number of benzene rings is 1. The van der Waals surface area contributed by atoms with Crippen LogP contribution >= 0.6 is 15.9 Å². The fourth-order valence-electron chi connectivity index (χ4n) is 2.87. The Morgan fingerprint density at radius 3 is 2.71 bits per heavy atom. The van der Waals surface area contributed by atoms with Gasteiger partial charge in [-0.2, -0.15) is 0 Å². The Hall–Kier alpha value is -1.44. The number of nitrogens with zero attached hydrogens (tertiary/aromatic N) is 1. The van der Waals surface area contributed by atoms with Crippen LogP contribution in [-0.2, 0) is 9.59 Å². The van der Waals surface area contributed by atoms with Crippen molar-refractivity contribution < 1.29 is 14.7 Å². The lowest BCUT2D eigenvalue weighted by molar-refractivity contribution is -0.124. The molecule has 0 spiro atoms. The van der Waals surface area contributed by atoms with Gasteiger partial charge in [-0.3, -0.25) is 14.5 Å². The van der Waals surface area contributed by atoms with E-state index >= 15 is 0 Å². The van der Waals surface area contributed by atoms with Crippen LogP contribution in [0, 0.1) is 12.8 Å². The highest BCUT2D eigenvalue weighted by Gasteiger charge is 2.30. The van der Waals surface area contributed by atoms with Crippen molar-refractivity contribution in [2.24, 2.45) is 5.92 Å². The molecule has 0 unspecified atom stereocenters. The fraction of sp³-hybridized carbons (Fsp3) is 0.529. The first-order valence-corrected chi connectivity index (χ1v) is 8.91. The van der Waals surface area contributed by atoms with Crippen molar-refractivity contribution in [2.45, 2.75) is 26.4 Å². The molecule has 1 aromatic rings. The number of aryl methyl sites for hydroxylation is 1. The fourth-order valence-corrected chi connectivity index (χ4v) is 3.35. The van der Waals surface area contributed by atoms with Gasteiger partial charge in [0.2, 0.25) is 11.8 Å². The maximum absolute atomic E-state index is 12.0. The molecule has 24 heavy (non-hydrogen) atoms. The molecule has 6 nitrogen and oxygen atoms in total. The topological polar surface area (TPSA) is 81.7 Å². The van der Waals surface area contributed by atoms with E-state index in [9.17, 15) is 14.7 Å². The summed E-state index contributed by atoms with van der Waals surface area (Å²) in [5.74, 6) is -0.246. The van der Waals surface area contributed by atoms with Gasteiger partial charge in [-0.05, 0) is 43.0 Å². The molecule has 0 saturated carbocycles. The maximum Gasteiger partial charge on any atom is 0.243 e. The number of anilines is 1. The average molecular weight is 398 g/mol. The Balaban J connectivity index is 1.74. The van der Waals surface area contributed by atoms with Crippen LogP contribution in [0.25, 0.3) is 0 Å². The summed E-state index contributed by atoms with van der Waals surface area (Å²) in [7, 11) is 0. The van der Waals surface area contributed by atoms with Gasteiger partial charge in [0, 0.05) is 23.2 Å². The largest absolute Gasteiger partial charge is 0.391 e. The van der Waals surface area contributed by atoms with E-state index in [1.165, 1.54) is 0 Å². The lowest BCUT2D eigenvalue weighted by Gasteiger charge is -2.15. The van der Waals surface area contributed by atoms with Crippen molar-refractivity contribution in [3.8, 4) is 0 Å². The zero-order valence-corrected chi connectivity index (χ0v) is 15.6. The van der Waals surface area contributed by atoms with Gasteiger partial charge >= 0.3 is 0 Å². The number of nitrogens with one attached hydrogen (secondary N) is 2. The number of halogens is 1. The van der Waals surface area contributed by atoms with Gasteiger partial charge in [0.1, 0.15) is 0 Å². The molecule has 1 heterocycles. The van der Waals surface area contributed by atoms with Crippen molar-refractivity contribution in [2.75, 3.05) is 31.5 Å². The summed E-state index contributed by atoms with van der Waals surface area (Å²) >= 11 is 3.38. The molecule has 1 aliphatic heterocycles. The zero-order chi connectivity index (χ0) is 17.7. The van der Waals surface area contributed by atoms with E-state index in [1.54, 1.807) is 0 Å². The lowest BCUT2D eigenvalue weighted by atomic mass is 10.0. The van der Waals surface area contributed by atoms with Gasteiger partial charge in [-0.15, -0.1) is 0 Å². The smallest absolute Gasteiger partial charge is 0.243 e. The zero-order valence-electron chi connectivity index (χ0n) is 14.0. The van der Waals surface area contributed by atoms with Crippen LogP contribution in [0.3, 0.4) is 0 Å². The van der Waals surface area contributed by atoms with E-state index in [1.807, 2.05) is 36.9 Å². The van der Waals surface area contributed by atoms with E-state index in [-0.39, 0.29) is 36.9 Å². The number of carbonyl (C=O) groups excluding carboxylic acids is 2. The summed E-state index contributed by atoms with van der Waals surface area (Å²) in [6.45, 7) is 5.30. The van der Waals surface area contributed by atoms with Gasteiger partial charge in [-0.1, -0.05) is 22.9 Å². The molecule has 1 aliphatic rings. The van der Waals surface area contributed by atoms with Crippen LogP contribution < -0.4 is 10.6 Å². The molecule has 0 radical (unpaired) electrons. The van der Waals surface area contributed by atoms with Crippen LogP contribution in [0.15, 0.2) is 22.7 Å². The first-order valence-electron chi connectivity index (χ1n) is 8.12. The van der Waals surface area contributed by atoms with Gasteiger partial charge in [-0.25, -0.2) is 0 Å². The first-order chi connectivity index (χ1) is 11.4. The Kier molecular flexibility index (Phi) is 6.77. The van der Waals surface area contributed by atoms with Crippen LogP contribution in [0.1, 0.15) is 18.9 Å². The number of likely N-dealkylation sites (tertiary alicyclic amines) is 1. The molecule has 0 aromatic heterocycles. The second-order valence-corrected chi connectivity index (χ2v) is 7.13. The monoisotopic (exact) mass is 397 g/mol. The number of rotatable bonds is 6. The third-order valence-electron chi connectivity index (χ3n) is 4.28. The highest BCUT2D eigenvalue weighted by Crippen LogP contribution is 2.20. The minimum Gasteiger partial charge on any atom is -0.391 e. The second-order valence-electron chi connectivity index (χ2n) is 6.21. The van der Waals surface area contributed by atoms with Gasteiger partial charge in [0.25, 0.3) is 0 Å². The van der Waals surface area contributed by atoms with Crippen LogP contribution in [0.5, 0.6) is 0 Å². The Bertz CT molecular complexity index is 609. The third kappa shape index (κ3) is 5.29. The molecule has 2 atom stereocenters. The van der Waals surface area contributed by atoms with E-state index in [4.69, 9.17) is 0 Å². The van der Waals surface area contributed by atoms with Crippen LogP contribution in [-0.4, -0.2) is 54.1 Å². The molecule has 1 aromatic carbocycles. The molecule has 132 valence electrons. The molecule has 2 rings (SSSR count). The summed E-state index contributed by atoms with van der Waals surface area (Å²) < 4.78 is 0.949. The molecule has 1 fully saturated rings. The predicted octanol–water partition coefficient (Wildman–Crippen LogP) is 1.51. The summed E-state index contributed by atoms with van der Waals surface area (Å²) in [6.07, 6.45) is 0.528. The first kappa shape index (κ1) is 18.9. The van der Waals surface area contributed by atoms with Crippen molar-refractivity contribution in [3.05, 3.63) is 28.2 Å². The summed E-state index contributed by atoms with van der Waals surface area (Å²) in [6, 6.07) is 5.58. The normalized spacial score (nSPS) is 20.8. The van der Waals surface area contributed by atoms with Crippen LogP contribution in [0.4, 0.5) is 5.69 Å². The molecule has 1 saturated heterocycles. The number of carbonyl (C=O) groups is 2. The molecule has 7 heteroatoms. The molecular formula is C17H24BrN3O3. The Morgan fingerprint density at radius 1 is 1.33 bits per heavy atom. The molecule has 3 N–H and O–H groups in total. The molecule has 0 bridgehead atoms. The highest BCUT2D eigenvalue weighted by atomic mass is 79.9. The number of β-amino-alcohol motifs (C(OH)–C–C–N with tert-alkyl or cyclic N) is 1. The van der Waals surface area contributed by atoms with Crippen LogP contribution in [0.2, 0.25) is 0 Å². The summed E-state index contributed by atoms with van der Waals surface area (Å²) in [5.41, 5.74) is 1.67. The van der Waals surface area contributed by atoms with E-state index in [0.29, 0.717) is 6.54 Å². The van der Waals surface area contributed by atoms with E-state index < -0.39 is 0 Å². The number of hydrogen-bond donors (Lipinski definition) is 3. The van der Waals surface area contributed by atoms with Crippen molar-refractivity contribution in [3.63, 3.8) is 0 Å². The van der Waals surface area contributed by atoms with Gasteiger partial charge < -0.3 is 15.7 Å².